The molecule has 0 unspecified atom stereocenters. The van der Waals surface area contributed by atoms with Crippen molar-refractivity contribution in [3.8, 4) is 34.5 Å². The molecule has 19 aromatic carbocycles. The molecule has 0 aliphatic rings. The van der Waals surface area contributed by atoms with E-state index in [9.17, 15) is 30.6 Å². The van der Waals surface area contributed by atoms with Crippen molar-refractivity contribution in [1.29, 1.82) is 0 Å². The van der Waals surface area contributed by atoms with Crippen LogP contribution >= 0.6 is 0 Å². The van der Waals surface area contributed by atoms with Crippen LogP contribution in [0.3, 0.4) is 0 Å². The van der Waals surface area contributed by atoms with Crippen LogP contribution in [0.4, 0.5) is 0 Å². The molecule has 0 aliphatic carbocycles. The first kappa shape index (κ1) is 79.5. The number of fused-ring (bicyclic) bond motifs is 27. The Bertz CT molecular complexity index is 6560. The van der Waals surface area contributed by atoms with E-state index in [-0.39, 0.29) is 66.8 Å². The van der Waals surface area contributed by atoms with Crippen molar-refractivity contribution in [3.63, 3.8) is 0 Å². The van der Waals surface area contributed by atoms with Gasteiger partial charge in [0.2, 0.25) is 0 Å². The van der Waals surface area contributed by atoms with Gasteiger partial charge in [-0.05, 0) is 318 Å². The zero-order valence-electron chi connectivity index (χ0n) is 69.3. The SMILES string of the molecule is Oc1c2c#cc#cc3cc4cc(CCc5ccccc5)ccc4c(c3O)c3c(O)c(c#cc#cc4cc5cc(CCc6ccccc6)ccc5c(c4O)c4c(O)c(c#cc#cc5cc6cc(CCc7ccccc7)ccc6c(c5O)c1c1ccc(CCc5ccccc5)cc1c2)cc1cc(CCc2ccccc2)ccc14)cc1cc(CCc2ccccc2)ccc13. The summed E-state index contributed by atoms with van der Waals surface area (Å²) in [5, 5.41) is 91.9. The first-order chi connectivity index (χ1) is 61.9. The summed E-state index contributed by atoms with van der Waals surface area (Å²) in [5.74, 6) is -1.17. The topological polar surface area (TPSA) is 121 Å². The van der Waals surface area contributed by atoms with Gasteiger partial charge in [-0.1, -0.05) is 291 Å². The molecule has 19 aromatic rings. The fourth-order valence-corrected chi connectivity index (χ4v) is 17.9. The Kier molecular flexibility index (Phi) is 22.6. The Morgan fingerprint density at radius 2 is 0.278 bits per heavy atom. The normalized spacial score (nSPS) is 11.0. The summed E-state index contributed by atoms with van der Waals surface area (Å²) in [4.78, 5) is 0. The van der Waals surface area contributed by atoms with Gasteiger partial charge in [0, 0.05) is 32.3 Å². The van der Waals surface area contributed by atoms with Gasteiger partial charge in [-0.25, -0.2) is 0 Å². The molecule has 19 rings (SSSR count). The smallest absolute Gasteiger partial charge is 0.139 e. The summed E-state index contributed by atoms with van der Waals surface area (Å²) in [5.41, 5.74) is 13.5. The van der Waals surface area contributed by atoms with Crippen LogP contribution in [0.2, 0.25) is 0 Å². The second-order valence-electron chi connectivity index (χ2n) is 32.6. The summed E-state index contributed by atoms with van der Waals surface area (Å²) >= 11 is 0. The van der Waals surface area contributed by atoms with Gasteiger partial charge in [0.1, 0.15) is 34.5 Å². The predicted molar refractivity (Wildman–Crippen MR) is 515 cm³/mol. The fourth-order valence-electron chi connectivity index (χ4n) is 17.9. The summed E-state index contributed by atoms with van der Waals surface area (Å²) < 4.78 is 0. The van der Waals surface area contributed by atoms with Gasteiger partial charge in [0.05, 0.1) is 32.3 Å². The van der Waals surface area contributed by atoms with Gasteiger partial charge in [-0.15, -0.1) is 0 Å². The third-order valence-corrected chi connectivity index (χ3v) is 24.5. The predicted octanol–water partition coefficient (Wildman–Crippen LogP) is 27.1. The zero-order chi connectivity index (χ0) is 85.4. The van der Waals surface area contributed by atoms with Crippen LogP contribution < -0.4 is 0 Å². The van der Waals surface area contributed by atoms with Gasteiger partial charge in [0.15, 0.2) is 0 Å². The van der Waals surface area contributed by atoms with Crippen molar-refractivity contribution in [1.82, 2.24) is 0 Å². The van der Waals surface area contributed by atoms with Gasteiger partial charge in [0.25, 0.3) is 0 Å². The Balaban J connectivity index is 0.913. The molecule has 126 heavy (non-hydrogen) atoms. The molecule has 6 heteroatoms. The largest absolute Gasteiger partial charge is 0.506 e. The highest BCUT2D eigenvalue weighted by atomic mass is 16.3. The van der Waals surface area contributed by atoms with Crippen molar-refractivity contribution in [2.45, 2.75) is 77.0 Å². The van der Waals surface area contributed by atoms with Crippen LogP contribution in [0, 0.1) is 72.8 Å². The molecule has 0 aliphatic heterocycles. The molecule has 0 aromatic heterocycles. The maximum Gasteiger partial charge on any atom is 0.139 e. The van der Waals surface area contributed by atoms with Crippen LogP contribution in [0.15, 0.2) is 328 Å². The van der Waals surface area contributed by atoms with E-state index >= 15 is 0 Å². The van der Waals surface area contributed by atoms with Crippen molar-refractivity contribution in [2.75, 3.05) is 0 Å². The standard InChI is InChI=1S/C120H84O6/c121-115-91-37-19-20-38-93-75-99-69-87(51-45-81-29-11-3-12-30-81)57-63-105(99)111(117(93)123)112-106-64-58-88(52-46-82-31-13-4-14-32-82)71-101(106)77-95(119(112)125)41-23-24-42-96-78-102-72-90(54-48-84-35-17-6-18-36-84)60-66-108(102)114(120(96)126)113-107-65-59-89(53-47-83-33-15-5-16-34-83)70-100(107)76-94(118(113)124)40-22-21-39-92-74-98-68-86(50-44-80-27-9-2-10-28-80)56-62-104(98)110(116(92)122)109(115)103-61-55-85(67-97(103)73-91)49-43-79-25-7-1-8-26-79/h1-18,25-36,55-78,121-126H,43-54H2. The van der Waals surface area contributed by atoms with Gasteiger partial charge >= 0.3 is 0 Å². The molecule has 6 nitrogen and oxygen atoms in total. The maximum absolute atomic E-state index is 13.3. The molecule has 12 bridgehead atoms. The van der Waals surface area contributed by atoms with Crippen LogP contribution in [-0.2, 0) is 77.0 Å². The second-order valence-corrected chi connectivity index (χ2v) is 32.6. The zero-order valence-corrected chi connectivity index (χ0v) is 69.3. The van der Waals surface area contributed by atoms with Gasteiger partial charge in [-0.2, -0.15) is 0 Å². The molecule has 6 N–H and O–H groups in total. The van der Waals surface area contributed by atoms with Crippen LogP contribution in [0.5, 0.6) is 34.5 Å². The third kappa shape index (κ3) is 17.0. The number of benzene rings is 18. The van der Waals surface area contributed by atoms with E-state index in [1.165, 1.54) is 33.4 Å². The summed E-state index contributed by atoms with van der Waals surface area (Å²) in [6.45, 7) is 0. The highest BCUT2D eigenvalue weighted by molar-refractivity contribution is 6.26. The first-order valence-corrected chi connectivity index (χ1v) is 42.9. The molecule has 0 heterocycles. The third-order valence-electron chi connectivity index (χ3n) is 24.5. The number of hydrogen-bond donors (Lipinski definition) is 6. The lowest BCUT2D eigenvalue weighted by atomic mass is 9.93. The van der Waals surface area contributed by atoms with Gasteiger partial charge < -0.3 is 30.6 Å². The number of aryl methyl sites for hydroxylation is 12. The molecular formula is C120H84O6. The molecule has 0 atom stereocenters. The summed E-state index contributed by atoms with van der Waals surface area (Å²) in [7, 11) is 0. The number of rotatable bonds is 18. The molecule has 0 spiro atoms. The summed E-state index contributed by atoms with van der Waals surface area (Å²) in [6, 6.07) is 149. The number of phenols is 6. The molecule has 0 amide bonds. The number of aromatic hydroxyl groups is 6. The molecule has 0 saturated heterocycles. The van der Waals surface area contributed by atoms with Gasteiger partial charge in [-0.3, -0.25) is 0 Å². The minimum Gasteiger partial charge on any atom is -0.506 e. The highest BCUT2D eigenvalue weighted by Crippen LogP contribution is 2.48. The molecule has 0 saturated carbocycles. The lowest BCUT2D eigenvalue weighted by molar-refractivity contribution is 0.483. The van der Waals surface area contributed by atoms with Crippen molar-refractivity contribution >= 4 is 129 Å². The van der Waals surface area contributed by atoms with Crippen LogP contribution in [0.25, 0.3) is 129 Å². The van der Waals surface area contributed by atoms with Crippen molar-refractivity contribution in [3.05, 3.63) is 467 Å². The molecule has 0 radical (unpaired) electrons. The van der Waals surface area contributed by atoms with E-state index in [1.807, 2.05) is 182 Å². The quantitative estimate of drug-likeness (QED) is 0.0509. The Morgan fingerprint density at radius 3 is 0.421 bits per heavy atom. The molecular weight excluding hydrogens is 1540 g/mol. The van der Waals surface area contributed by atoms with E-state index in [2.05, 4.69) is 218 Å². The number of phenolic OH excluding ortho intramolecular Hbond substituents is 6. The van der Waals surface area contributed by atoms with E-state index in [1.54, 1.807) is 0 Å². The van der Waals surface area contributed by atoms with Crippen molar-refractivity contribution in [2.24, 2.45) is 0 Å². The van der Waals surface area contributed by atoms with Crippen molar-refractivity contribution < 1.29 is 30.6 Å². The fraction of sp³-hybridized carbons (Fsp3) is 0.100. The first-order valence-electron chi connectivity index (χ1n) is 42.9. The number of hydrogen-bond acceptors (Lipinski definition) is 6. The van der Waals surface area contributed by atoms with Crippen LogP contribution in [0.1, 0.15) is 66.8 Å². The molecule has 600 valence electrons. The maximum atomic E-state index is 13.3. The summed E-state index contributed by atoms with van der Waals surface area (Å²) in [6.07, 6.45) is 8.98. The minimum atomic E-state index is -0.194. The molecule has 0 fully saturated rings. The van der Waals surface area contributed by atoms with E-state index < -0.39 is 0 Å². The average molecular weight is 1620 g/mol. The Morgan fingerprint density at radius 1 is 0.143 bits per heavy atom. The Hall–Kier alpha value is -16.3. The lowest BCUT2D eigenvalue weighted by Gasteiger charge is -2.12. The monoisotopic (exact) mass is 1620 g/mol. The van der Waals surface area contributed by atoms with E-state index in [0.29, 0.717) is 103 Å². The van der Waals surface area contributed by atoms with E-state index in [0.717, 1.165) is 104 Å². The minimum absolute atomic E-state index is 0.194. The van der Waals surface area contributed by atoms with Crippen LogP contribution in [-0.4, -0.2) is 30.6 Å². The highest BCUT2D eigenvalue weighted by Gasteiger charge is 2.21. The van der Waals surface area contributed by atoms with E-state index in [4.69, 9.17) is 0 Å². The lowest BCUT2D eigenvalue weighted by Crippen LogP contribution is -1.92. The average Bonchev–Trinajstić information content (AvgIpc) is 0.746. The Labute approximate surface area is 733 Å². The second kappa shape index (κ2) is 35.8.